The summed E-state index contributed by atoms with van der Waals surface area (Å²) in [4.78, 5) is 24.5. The first-order valence-corrected chi connectivity index (χ1v) is 10.4. The molecule has 0 aliphatic heterocycles. The van der Waals surface area contributed by atoms with Crippen LogP contribution in [0.1, 0.15) is 17.3 Å². The molecule has 2 rings (SSSR count). The molecule has 0 unspecified atom stereocenters. The van der Waals surface area contributed by atoms with Crippen LogP contribution in [0.25, 0.3) is 0 Å². The van der Waals surface area contributed by atoms with Crippen LogP contribution in [-0.4, -0.2) is 44.3 Å². The number of thioether (sulfide) groups is 1. The summed E-state index contributed by atoms with van der Waals surface area (Å²) in [6, 6.07) is 12.9. The van der Waals surface area contributed by atoms with Gasteiger partial charge in [0.2, 0.25) is 15.9 Å². The molecule has 0 atom stereocenters. The molecule has 2 aromatic carbocycles. The molecule has 138 valence electrons. The molecular weight excluding hydrogens is 372 g/mol. The summed E-state index contributed by atoms with van der Waals surface area (Å²) in [5.41, 5.74) is 1.03. The second-order valence-corrected chi connectivity index (χ2v) is 8.54. The number of likely N-dealkylation sites (N-methyl/N-ethyl adjacent to an activating group) is 1. The summed E-state index contributed by atoms with van der Waals surface area (Å²) in [7, 11) is -2.48. The molecule has 6 nitrogen and oxygen atoms in total. The Morgan fingerprint density at radius 1 is 1.04 bits per heavy atom. The molecule has 8 heteroatoms. The Morgan fingerprint density at radius 2 is 1.62 bits per heavy atom. The molecule has 0 aliphatic carbocycles. The van der Waals surface area contributed by atoms with Gasteiger partial charge in [0.25, 0.3) is 0 Å². The number of nitrogens with one attached hydrogen (secondary N) is 1. The minimum absolute atomic E-state index is 0.0297. The first-order valence-electron chi connectivity index (χ1n) is 7.75. The highest BCUT2D eigenvalue weighted by molar-refractivity contribution is 7.98. The standard InChI is InChI=1S/C18H20N2O4S2/c1-13(21)14-4-10-17(11-5-14)26(23,24)20(2)12-18(22)19-15-6-8-16(25-3)9-7-15/h4-11H,12H2,1-3H3,(H,19,22). The Morgan fingerprint density at radius 3 is 2.12 bits per heavy atom. The van der Waals surface area contributed by atoms with Crippen LogP contribution in [0.2, 0.25) is 0 Å². The van der Waals surface area contributed by atoms with E-state index in [1.54, 1.807) is 23.9 Å². The molecule has 0 aliphatic rings. The predicted molar refractivity (Wildman–Crippen MR) is 103 cm³/mol. The molecule has 0 saturated carbocycles. The van der Waals surface area contributed by atoms with Gasteiger partial charge in [-0.1, -0.05) is 12.1 Å². The lowest BCUT2D eigenvalue weighted by Gasteiger charge is -2.17. The topological polar surface area (TPSA) is 83.6 Å². The van der Waals surface area contributed by atoms with Crippen molar-refractivity contribution >= 4 is 39.2 Å². The Kier molecular flexibility index (Phi) is 6.57. The van der Waals surface area contributed by atoms with E-state index >= 15 is 0 Å². The van der Waals surface area contributed by atoms with E-state index < -0.39 is 15.9 Å². The van der Waals surface area contributed by atoms with Gasteiger partial charge < -0.3 is 5.32 Å². The van der Waals surface area contributed by atoms with E-state index in [-0.39, 0.29) is 17.2 Å². The van der Waals surface area contributed by atoms with Crippen LogP contribution in [0.15, 0.2) is 58.3 Å². The van der Waals surface area contributed by atoms with Crippen molar-refractivity contribution in [2.45, 2.75) is 16.7 Å². The van der Waals surface area contributed by atoms with Crippen LogP contribution in [0.3, 0.4) is 0 Å². The minimum Gasteiger partial charge on any atom is -0.325 e. The van der Waals surface area contributed by atoms with E-state index in [1.807, 2.05) is 18.4 Å². The van der Waals surface area contributed by atoms with E-state index in [4.69, 9.17) is 0 Å². The third-order valence-corrected chi connectivity index (χ3v) is 6.27. The fourth-order valence-electron chi connectivity index (χ4n) is 2.20. The maximum atomic E-state index is 12.5. The summed E-state index contributed by atoms with van der Waals surface area (Å²) >= 11 is 1.59. The molecule has 0 bridgehead atoms. The number of benzene rings is 2. The Balaban J connectivity index is 2.05. The molecule has 0 saturated heterocycles. The van der Waals surface area contributed by atoms with Crippen molar-refractivity contribution in [3.8, 4) is 0 Å². The normalized spacial score (nSPS) is 11.4. The Bertz CT molecular complexity index is 892. The van der Waals surface area contributed by atoms with Gasteiger partial charge in [-0.2, -0.15) is 4.31 Å². The Hall–Kier alpha value is -2.16. The van der Waals surface area contributed by atoms with Gasteiger partial charge in [0, 0.05) is 23.2 Å². The second kappa shape index (κ2) is 8.48. The van der Waals surface area contributed by atoms with E-state index in [1.165, 1.54) is 38.2 Å². The molecule has 0 heterocycles. The number of hydrogen-bond donors (Lipinski definition) is 1. The second-order valence-electron chi connectivity index (χ2n) is 5.62. The predicted octanol–water partition coefficient (Wildman–Crippen LogP) is 2.87. The largest absolute Gasteiger partial charge is 0.325 e. The van der Waals surface area contributed by atoms with Crippen molar-refractivity contribution < 1.29 is 18.0 Å². The fraction of sp³-hybridized carbons (Fsp3) is 0.222. The molecule has 26 heavy (non-hydrogen) atoms. The zero-order valence-corrected chi connectivity index (χ0v) is 16.4. The summed E-state index contributed by atoms with van der Waals surface area (Å²) < 4.78 is 26.1. The molecular formula is C18H20N2O4S2. The van der Waals surface area contributed by atoms with Crippen LogP contribution in [0.5, 0.6) is 0 Å². The summed E-state index contributed by atoms with van der Waals surface area (Å²) in [5.74, 6) is -0.581. The summed E-state index contributed by atoms with van der Waals surface area (Å²) in [6.45, 7) is 1.09. The van der Waals surface area contributed by atoms with E-state index in [0.29, 0.717) is 11.3 Å². The number of rotatable bonds is 7. The number of Topliss-reactive ketones (excluding diaryl/α,β-unsaturated/α-hetero) is 1. The van der Waals surface area contributed by atoms with Crippen molar-refractivity contribution in [2.75, 3.05) is 25.2 Å². The molecule has 1 amide bonds. The van der Waals surface area contributed by atoms with Gasteiger partial charge in [-0.15, -0.1) is 11.8 Å². The lowest BCUT2D eigenvalue weighted by molar-refractivity contribution is -0.116. The van der Waals surface area contributed by atoms with Gasteiger partial charge in [0.05, 0.1) is 11.4 Å². The lowest BCUT2D eigenvalue weighted by atomic mass is 10.2. The highest BCUT2D eigenvalue weighted by atomic mass is 32.2. The van der Waals surface area contributed by atoms with Gasteiger partial charge in [-0.25, -0.2) is 8.42 Å². The minimum atomic E-state index is -3.82. The zero-order chi connectivity index (χ0) is 19.3. The maximum Gasteiger partial charge on any atom is 0.243 e. The number of nitrogens with zero attached hydrogens (tertiary/aromatic N) is 1. The van der Waals surface area contributed by atoms with Crippen LogP contribution in [0.4, 0.5) is 5.69 Å². The average Bonchev–Trinajstić information content (AvgIpc) is 2.62. The van der Waals surface area contributed by atoms with E-state index in [9.17, 15) is 18.0 Å². The fourth-order valence-corrected chi connectivity index (χ4v) is 3.74. The first kappa shape index (κ1) is 20.2. The van der Waals surface area contributed by atoms with Crippen LogP contribution in [-0.2, 0) is 14.8 Å². The van der Waals surface area contributed by atoms with Crippen molar-refractivity contribution in [1.82, 2.24) is 4.31 Å². The zero-order valence-electron chi connectivity index (χ0n) is 14.7. The van der Waals surface area contributed by atoms with Gasteiger partial charge in [-0.3, -0.25) is 9.59 Å². The highest BCUT2D eigenvalue weighted by Gasteiger charge is 2.23. The average molecular weight is 393 g/mol. The van der Waals surface area contributed by atoms with Crippen LogP contribution in [0, 0.1) is 0 Å². The number of amides is 1. The third kappa shape index (κ3) is 4.94. The number of anilines is 1. The molecule has 0 spiro atoms. The van der Waals surface area contributed by atoms with Gasteiger partial charge >= 0.3 is 0 Å². The highest BCUT2D eigenvalue weighted by Crippen LogP contribution is 2.18. The number of carbonyl (C=O) groups is 2. The number of carbonyl (C=O) groups excluding carboxylic acids is 2. The molecule has 1 N–H and O–H groups in total. The van der Waals surface area contributed by atoms with Gasteiger partial charge in [0.15, 0.2) is 5.78 Å². The number of ketones is 1. The number of hydrogen-bond acceptors (Lipinski definition) is 5. The maximum absolute atomic E-state index is 12.5. The first-order chi connectivity index (χ1) is 12.2. The van der Waals surface area contributed by atoms with Gasteiger partial charge in [-0.05, 0) is 49.6 Å². The third-order valence-electron chi connectivity index (χ3n) is 3.71. The van der Waals surface area contributed by atoms with Crippen LogP contribution >= 0.6 is 11.8 Å². The number of sulfonamides is 1. The van der Waals surface area contributed by atoms with E-state index in [0.717, 1.165) is 9.20 Å². The smallest absolute Gasteiger partial charge is 0.243 e. The summed E-state index contributed by atoms with van der Waals surface area (Å²) in [6.07, 6.45) is 1.95. The van der Waals surface area contributed by atoms with Crippen molar-refractivity contribution in [1.29, 1.82) is 0 Å². The quantitative estimate of drug-likeness (QED) is 0.579. The SMILES string of the molecule is CSc1ccc(NC(=O)CN(C)S(=O)(=O)c2ccc(C(C)=O)cc2)cc1. The lowest BCUT2D eigenvalue weighted by Crippen LogP contribution is -2.35. The van der Waals surface area contributed by atoms with Crippen molar-refractivity contribution in [3.05, 3.63) is 54.1 Å². The van der Waals surface area contributed by atoms with Crippen LogP contribution < -0.4 is 5.32 Å². The monoisotopic (exact) mass is 392 g/mol. The van der Waals surface area contributed by atoms with Gasteiger partial charge in [0.1, 0.15) is 0 Å². The molecule has 2 aromatic rings. The van der Waals surface area contributed by atoms with E-state index in [2.05, 4.69) is 5.32 Å². The van der Waals surface area contributed by atoms with Crippen molar-refractivity contribution in [3.63, 3.8) is 0 Å². The van der Waals surface area contributed by atoms with Crippen molar-refractivity contribution in [2.24, 2.45) is 0 Å². The Labute approximate surface area is 157 Å². The molecule has 0 aromatic heterocycles. The summed E-state index contributed by atoms with van der Waals surface area (Å²) in [5, 5.41) is 2.67. The molecule has 0 radical (unpaired) electrons. The molecule has 0 fully saturated rings.